The highest BCUT2D eigenvalue weighted by Gasteiger charge is 2.07. The van der Waals surface area contributed by atoms with Crippen LogP contribution < -0.4 is 5.32 Å². The number of halogens is 1. The summed E-state index contributed by atoms with van der Waals surface area (Å²) in [7, 11) is 0. The van der Waals surface area contributed by atoms with Crippen LogP contribution in [0.1, 0.15) is 19.8 Å². The SMILES string of the molecule is C#CC(CCC)Nc1ccnc2cc(Cl)ccc12. The van der Waals surface area contributed by atoms with E-state index in [1.165, 1.54) is 0 Å². The molecule has 0 bridgehead atoms. The smallest absolute Gasteiger partial charge is 0.0874 e. The van der Waals surface area contributed by atoms with Crippen molar-refractivity contribution in [2.24, 2.45) is 0 Å². The summed E-state index contributed by atoms with van der Waals surface area (Å²) in [4.78, 5) is 4.31. The first kappa shape index (κ1) is 12.7. The van der Waals surface area contributed by atoms with Crippen LogP contribution in [-0.2, 0) is 0 Å². The normalized spacial score (nSPS) is 12.1. The van der Waals surface area contributed by atoms with Crippen molar-refractivity contribution in [1.29, 1.82) is 0 Å². The van der Waals surface area contributed by atoms with Crippen LogP contribution in [0.3, 0.4) is 0 Å². The molecule has 0 spiro atoms. The number of nitrogens with one attached hydrogen (secondary N) is 1. The molecule has 0 aliphatic carbocycles. The van der Waals surface area contributed by atoms with Gasteiger partial charge in [0.05, 0.1) is 11.6 Å². The number of anilines is 1. The van der Waals surface area contributed by atoms with E-state index in [1.54, 1.807) is 6.20 Å². The van der Waals surface area contributed by atoms with Gasteiger partial charge >= 0.3 is 0 Å². The highest BCUT2D eigenvalue weighted by Crippen LogP contribution is 2.25. The van der Waals surface area contributed by atoms with Gasteiger partial charge in [0.2, 0.25) is 0 Å². The topological polar surface area (TPSA) is 24.9 Å². The van der Waals surface area contributed by atoms with Gasteiger partial charge in [-0.2, -0.15) is 0 Å². The quantitative estimate of drug-likeness (QED) is 0.835. The predicted molar refractivity (Wildman–Crippen MR) is 77.9 cm³/mol. The third-order valence-corrected chi connectivity index (χ3v) is 3.05. The molecule has 2 rings (SSSR count). The van der Waals surface area contributed by atoms with Gasteiger partial charge < -0.3 is 5.32 Å². The average Bonchev–Trinajstić information content (AvgIpc) is 2.38. The Balaban J connectivity index is 2.36. The summed E-state index contributed by atoms with van der Waals surface area (Å²) < 4.78 is 0. The number of nitrogens with zero attached hydrogens (tertiary/aromatic N) is 1. The minimum atomic E-state index is 0.0521. The van der Waals surface area contributed by atoms with Gasteiger partial charge in [0.25, 0.3) is 0 Å². The molecule has 1 N–H and O–H groups in total. The number of hydrogen-bond donors (Lipinski definition) is 1. The van der Waals surface area contributed by atoms with E-state index in [1.807, 2.05) is 24.3 Å². The maximum atomic E-state index is 5.96. The Labute approximate surface area is 112 Å². The summed E-state index contributed by atoms with van der Waals surface area (Å²) in [6.07, 6.45) is 9.29. The molecule has 3 heteroatoms. The molecule has 0 fully saturated rings. The molecule has 1 unspecified atom stereocenters. The van der Waals surface area contributed by atoms with Crippen LogP contribution >= 0.6 is 11.6 Å². The Bertz CT molecular complexity index is 587. The van der Waals surface area contributed by atoms with Crippen molar-refractivity contribution in [2.45, 2.75) is 25.8 Å². The Morgan fingerprint density at radius 2 is 2.28 bits per heavy atom. The number of pyridine rings is 1. The summed E-state index contributed by atoms with van der Waals surface area (Å²) >= 11 is 5.96. The fraction of sp³-hybridized carbons (Fsp3) is 0.267. The highest BCUT2D eigenvalue weighted by molar-refractivity contribution is 6.31. The molecule has 0 aliphatic rings. The first-order chi connectivity index (χ1) is 8.74. The number of terminal acetylenes is 1. The molecule has 0 saturated heterocycles. The molecule has 0 saturated carbocycles. The van der Waals surface area contributed by atoms with Gasteiger partial charge in [-0.1, -0.05) is 30.9 Å². The van der Waals surface area contributed by atoms with E-state index in [0.717, 1.165) is 29.4 Å². The Kier molecular flexibility index (Phi) is 4.07. The van der Waals surface area contributed by atoms with E-state index in [9.17, 15) is 0 Å². The summed E-state index contributed by atoms with van der Waals surface area (Å²) in [5, 5.41) is 5.10. The summed E-state index contributed by atoms with van der Waals surface area (Å²) in [6, 6.07) is 7.67. The van der Waals surface area contributed by atoms with Crippen molar-refractivity contribution in [3.05, 3.63) is 35.5 Å². The van der Waals surface area contributed by atoms with Crippen molar-refractivity contribution in [1.82, 2.24) is 4.98 Å². The fourth-order valence-corrected chi connectivity index (χ4v) is 2.09. The lowest BCUT2D eigenvalue weighted by Crippen LogP contribution is -2.16. The predicted octanol–water partition coefficient (Wildman–Crippen LogP) is 4.10. The van der Waals surface area contributed by atoms with Crippen LogP contribution in [-0.4, -0.2) is 11.0 Å². The average molecular weight is 259 g/mol. The van der Waals surface area contributed by atoms with Crippen LogP contribution in [0.4, 0.5) is 5.69 Å². The van der Waals surface area contributed by atoms with E-state index in [0.29, 0.717) is 5.02 Å². The van der Waals surface area contributed by atoms with Gasteiger partial charge in [0.1, 0.15) is 0 Å². The second kappa shape index (κ2) is 5.75. The standard InChI is InChI=1S/C15H15ClN2/c1-3-5-12(4-2)18-14-8-9-17-15-10-11(16)6-7-13(14)15/h2,6-10,12H,3,5H2,1H3,(H,17,18). The molecular formula is C15H15ClN2. The zero-order chi connectivity index (χ0) is 13.0. The van der Waals surface area contributed by atoms with E-state index in [2.05, 4.69) is 23.1 Å². The van der Waals surface area contributed by atoms with Crippen molar-refractivity contribution >= 4 is 28.2 Å². The van der Waals surface area contributed by atoms with E-state index < -0.39 is 0 Å². The van der Waals surface area contributed by atoms with E-state index >= 15 is 0 Å². The number of hydrogen-bond acceptors (Lipinski definition) is 2. The lowest BCUT2D eigenvalue weighted by molar-refractivity contribution is 0.756. The second-order valence-corrected chi connectivity index (χ2v) is 4.61. The molecule has 2 aromatic rings. The maximum Gasteiger partial charge on any atom is 0.0874 e. The maximum absolute atomic E-state index is 5.96. The third kappa shape index (κ3) is 2.75. The largest absolute Gasteiger partial charge is 0.371 e. The lowest BCUT2D eigenvalue weighted by Gasteiger charge is -2.15. The zero-order valence-corrected chi connectivity index (χ0v) is 11.0. The molecular weight excluding hydrogens is 244 g/mol. The lowest BCUT2D eigenvalue weighted by atomic mass is 10.1. The minimum absolute atomic E-state index is 0.0521. The monoisotopic (exact) mass is 258 g/mol. The number of aromatic nitrogens is 1. The molecule has 1 aromatic heterocycles. The highest BCUT2D eigenvalue weighted by atomic mass is 35.5. The molecule has 1 heterocycles. The zero-order valence-electron chi connectivity index (χ0n) is 10.3. The first-order valence-electron chi connectivity index (χ1n) is 6.01. The van der Waals surface area contributed by atoms with Crippen LogP contribution in [0, 0.1) is 12.3 Å². The van der Waals surface area contributed by atoms with Crippen LogP contribution in [0.2, 0.25) is 5.02 Å². The molecule has 0 aliphatic heterocycles. The number of fused-ring (bicyclic) bond motifs is 1. The van der Waals surface area contributed by atoms with E-state index in [-0.39, 0.29) is 6.04 Å². The van der Waals surface area contributed by atoms with Crippen LogP contribution in [0.5, 0.6) is 0 Å². The molecule has 0 radical (unpaired) electrons. The summed E-state index contributed by atoms with van der Waals surface area (Å²) in [5.41, 5.74) is 1.88. The van der Waals surface area contributed by atoms with Gasteiger partial charge in [-0.15, -0.1) is 6.42 Å². The van der Waals surface area contributed by atoms with Gasteiger partial charge in [0, 0.05) is 22.3 Å². The fourth-order valence-electron chi connectivity index (χ4n) is 1.92. The minimum Gasteiger partial charge on any atom is -0.371 e. The van der Waals surface area contributed by atoms with Crippen molar-refractivity contribution < 1.29 is 0 Å². The van der Waals surface area contributed by atoms with Gasteiger partial charge in [-0.05, 0) is 30.7 Å². The van der Waals surface area contributed by atoms with Crippen LogP contribution in [0.25, 0.3) is 10.9 Å². The first-order valence-corrected chi connectivity index (χ1v) is 6.39. The van der Waals surface area contributed by atoms with Gasteiger partial charge in [-0.3, -0.25) is 4.98 Å². The summed E-state index contributed by atoms with van der Waals surface area (Å²) in [5.74, 6) is 2.77. The summed E-state index contributed by atoms with van der Waals surface area (Å²) in [6.45, 7) is 2.12. The molecule has 1 aromatic carbocycles. The number of rotatable bonds is 4. The van der Waals surface area contributed by atoms with Gasteiger partial charge in [0.15, 0.2) is 0 Å². The Hall–Kier alpha value is -1.72. The molecule has 92 valence electrons. The van der Waals surface area contributed by atoms with Crippen molar-refractivity contribution in [3.8, 4) is 12.3 Å². The molecule has 0 amide bonds. The van der Waals surface area contributed by atoms with Gasteiger partial charge in [-0.25, -0.2) is 0 Å². The van der Waals surface area contributed by atoms with Crippen molar-refractivity contribution in [3.63, 3.8) is 0 Å². The van der Waals surface area contributed by atoms with Crippen LogP contribution in [0.15, 0.2) is 30.5 Å². The Morgan fingerprint density at radius 3 is 3.00 bits per heavy atom. The molecule has 2 nitrogen and oxygen atoms in total. The number of benzene rings is 1. The van der Waals surface area contributed by atoms with Crippen molar-refractivity contribution in [2.75, 3.05) is 5.32 Å². The third-order valence-electron chi connectivity index (χ3n) is 2.81. The molecule has 1 atom stereocenters. The van der Waals surface area contributed by atoms with E-state index in [4.69, 9.17) is 18.0 Å². The second-order valence-electron chi connectivity index (χ2n) is 4.17. The Morgan fingerprint density at radius 1 is 1.44 bits per heavy atom. The molecule has 18 heavy (non-hydrogen) atoms.